The maximum atomic E-state index is 13.4. The van der Waals surface area contributed by atoms with Crippen LogP contribution in [0.2, 0.25) is 5.02 Å². The predicted molar refractivity (Wildman–Crippen MR) is 119 cm³/mol. The van der Waals surface area contributed by atoms with Crippen LogP contribution in [0.5, 0.6) is 11.5 Å². The van der Waals surface area contributed by atoms with E-state index < -0.39 is 0 Å². The molecule has 0 unspecified atom stereocenters. The van der Waals surface area contributed by atoms with Crippen LogP contribution in [0.15, 0.2) is 41.3 Å². The largest absolute Gasteiger partial charge is 0.490 e. The first-order valence-electron chi connectivity index (χ1n) is 9.01. The van der Waals surface area contributed by atoms with Crippen molar-refractivity contribution in [1.82, 2.24) is 4.90 Å². The molecule has 8 heteroatoms. The molecule has 0 aromatic heterocycles. The third-order valence-electron chi connectivity index (χ3n) is 4.09. The molecule has 1 aliphatic rings. The third-order valence-corrected chi connectivity index (χ3v) is 5.75. The Hall–Kier alpha value is -2.09. The average molecular weight is 452 g/mol. The third kappa shape index (κ3) is 5.10. The molecular formula is C21H19ClFNO3S2. The number of hydrogen-bond donors (Lipinski definition) is 0. The van der Waals surface area contributed by atoms with E-state index in [1.807, 2.05) is 13.8 Å². The van der Waals surface area contributed by atoms with Gasteiger partial charge in [0.2, 0.25) is 0 Å². The molecule has 0 saturated carbocycles. The number of ether oxygens (including phenoxy) is 2. The molecule has 0 aliphatic carbocycles. The number of rotatable bonds is 7. The van der Waals surface area contributed by atoms with E-state index in [0.29, 0.717) is 50.0 Å². The van der Waals surface area contributed by atoms with Crippen LogP contribution in [0.25, 0.3) is 6.08 Å². The second kappa shape index (κ2) is 9.61. The highest BCUT2D eigenvalue weighted by Crippen LogP contribution is 2.39. The summed E-state index contributed by atoms with van der Waals surface area (Å²) < 4.78 is 25.4. The van der Waals surface area contributed by atoms with E-state index in [4.69, 9.17) is 33.3 Å². The minimum absolute atomic E-state index is 0.122. The number of hydrogen-bond acceptors (Lipinski definition) is 5. The van der Waals surface area contributed by atoms with Crippen molar-refractivity contribution in [2.45, 2.75) is 20.5 Å². The topological polar surface area (TPSA) is 38.8 Å². The highest BCUT2D eigenvalue weighted by Gasteiger charge is 2.30. The Labute approximate surface area is 183 Å². The lowest BCUT2D eigenvalue weighted by atomic mass is 10.1. The molecular weight excluding hydrogens is 433 g/mol. The van der Waals surface area contributed by atoms with Crippen molar-refractivity contribution in [3.8, 4) is 11.5 Å². The van der Waals surface area contributed by atoms with E-state index in [1.165, 1.54) is 23.9 Å². The lowest BCUT2D eigenvalue weighted by Crippen LogP contribution is -2.27. The maximum Gasteiger partial charge on any atom is 0.266 e. The van der Waals surface area contributed by atoms with Crippen LogP contribution < -0.4 is 9.47 Å². The van der Waals surface area contributed by atoms with Crippen LogP contribution in [0.1, 0.15) is 25.0 Å². The summed E-state index contributed by atoms with van der Waals surface area (Å²) in [7, 11) is 0. The van der Waals surface area contributed by atoms with Crippen LogP contribution in [0.3, 0.4) is 0 Å². The van der Waals surface area contributed by atoms with Gasteiger partial charge in [0.1, 0.15) is 16.7 Å². The minimum atomic E-state index is -0.332. The number of carbonyl (C=O) groups is 1. The van der Waals surface area contributed by atoms with E-state index in [2.05, 4.69) is 0 Å². The van der Waals surface area contributed by atoms with Gasteiger partial charge in [-0.05, 0) is 55.3 Å². The van der Waals surface area contributed by atoms with Gasteiger partial charge < -0.3 is 9.47 Å². The highest BCUT2D eigenvalue weighted by atomic mass is 35.5. The summed E-state index contributed by atoms with van der Waals surface area (Å²) in [5.41, 5.74) is 1.38. The summed E-state index contributed by atoms with van der Waals surface area (Å²) >= 11 is 12.9. The molecule has 0 spiro atoms. The number of thiocarbonyl (C=S) groups is 1. The van der Waals surface area contributed by atoms with Gasteiger partial charge in [-0.25, -0.2) is 4.39 Å². The zero-order valence-electron chi connectivity index (χ0n) is 15.9. The number of nitrogens with zero attached hydrogens (tertiary/aromatic N) is 1. The number of carbonyl (C=O) groups excluding carboxylic acids is 1. The van der Waals surface area contributed by atoms with Gasteiger partial charge in [-0.1, -0.05) is 47.7 Å². The fourth-order valence-corrected chi connectivity index (χ4v) is 4.44. The Morgan fingerprint density at radius 3 is 2.69 bits per heavy atom. The molecule has 2 aromatic rings. The van der Waals surface area contributed by atoms with Crippen molar-refractivity contribution in [3.05, 3.63) is 63.3 Å². The zero-order chi connectivity index (χ0) is 21.0. The van der Waals surface area contributed by atoms with Crippen molar-refractivity contribution >= 4 is 51.9 Å². The molecule has 152 valence electrons. The summed E-state index contributed by atoms with van der Waals surface area (Å²) in [6, 6.07) is 9.62. The van der Waals surface area contributed by atoms with Crippen LogP contribution in [-0.2, 0) is 11.4 Å². The van der Waals surface area contributed by atoms with Gasteiger partial charge in [0.05, 0.1) is 16.5 Å². The smallest absolute Gasteiger partial charge is 0.266 e. The summed E-state index contributed by atoms with van der Waals surface area (Å²) in [6.45, 7) is 4.81. The van der Waals surface area contributed by atoms with Crippen LogP contribution in [0.4, 0.5) is 4.39 Å². The molecule has 29 heavy (non-hydrogen) atoms. The molecule has 4 nitrogen and oxygen atoms in total. The summed E-state index contributed by atoms with van der Waals surface area (Å²) in [4.78, 5) is 14.5. The predicted octanol–water partition coefficient (Wildman–Crippen LogP) is 5.68. The number of thioether (sulfide) groups is 1. The van der Waals surface area contributed by atoms with E-state index in [0.717, 1.165) is 0 Å². The van der Waals surface area contributed by atoms with E-state index >= 15 is 0 Å². The number of benzene rings is 2. The van der Waals surface area contributed by atoms with E-state index in [9.17, 15) is 9.18 Å². The van der Waals surface area contributed by atoms with Crippen molar-refractivity contribution < 1.29 is 18.7 Å². The Morgan fingerprint density at radius 2 is 2.03 bits per heavy atom. The lowest BCUT2D eigenvalue weighted by molar-refractivity contribution is -0.121. The second-order valence-corrected chi connectivity index (χ2v) is 8.19. The molecule has 0 radical (unpaired) electrons. The number of amides is 1. The molecule has 1 aliphatic heterocycles. The Balaban J connectivity index is 1.87. The standard InChI is InChI=1S/C21H19ClFNO3S2/c1-3-24-20(25)18(29-21(24)28)11-14-9-16(22)19(17(10-14)26-4-2)27-12-13-6-5-7-15(23)8-13/h5-11H,3-4,12H2,1-2H3/b18-11-. The van der Waals surface area contributed by atoms with Gasteiger partial charge in [-0.3, -0.25) is 9.69 Å². The fraction of sp³-hybridized carbons (Fsp3) is 0.238. The first kappa shape index (κ1) is 21.6. The molecule has 1 heterocycles. The SMILES string of the molecule is CCOc1cc(/C=C2\SC(=S)N(CC)C2=O)cc(Cl)c1OCc1cccc(F)c1. The lowest BCUT2D eigenvalue weighted by Gasteiger charge is -2.15. The molecule has 1 saturated heterocycles. The number of halogens is 2. The monoisotopic (exact) mass is 451 g/mol. The fourth-order valence-electron chi connectivity index (χ4n) is 2.78. The molecule has 0 bridgehead atoms. The maximum absolute atomic E-state index is 13.4. The summed E-state index contributed by atoms with van der Waals surface area (Å²) in [5, 5.41) is 0.338. The molecule has 0 N–H and O–H groups in total. The van der Waals surface area contributed by atoms with Gasteiger partial charge in [0.25, 0.3) is 5.91 Å². The van der Waals surface area contributed by atoms with E-state index in [1.54, 1.807) is 35.2 Å². The molecule has 1 fully saturated rings. The number of likely N-dealkylation sites (N-methyl/N-ethyl adjacent to an activating group) is 1. The van der Waals surface area contributed by atoms with Crippen molar-refractivity contribution in [2.75, 3.05) is 13.2 Å². The second-order valence-electron chi connectivity index (χ2n) is 6.11. The summed E-state index contributed by atoms with van der Waals surface area (Å²) in [6.07, 6.45) is 1.74. The normalized spacial score (nSPS) is 15.3. The highest BCUT2D eigenvalue weighted by molar-refractivity contribution is 8.26. The van der Waals surface area contributed by atoms with Crippen LogP contribution in [0, 0.1) is 5.82 Å². The Bertz CT molecular complexity index is 980. The van der Waals surface area contributed by atoms with Crippen molar-refractivity contribution in [3.63, 3.8) is 0 Å². The van der Waals surface area contributed by atoms with E-state index in [-0.39, 0.29) is 18.3 Å². The van der Waals surface area contributed by atoms with Crippen LogP contribution >= 0.6 is 35.6 Å². The summed E-state index contributed by atoms with van der Waals surface area (Å²) in [5.74, 6) is 0.370. The Morgan fingerprint density at radius 1 is 1.24 bits per heavy atom. The minimum Gasteiger partial charge on any atom is -0.490 e. The van der Waals surface area contributed by atoms with Crippen LogP contribution in [-0.4, -0.2) is 28.3 Å². The van der Waals surface area contributed by atoms with Crippen molar-refractivity contribution in [2.24, 2.45) is 0 Å². The zero-order valence-corrected chi connectivity index (χ0v) is 18.3. The molecule has 1 amide bonds. The Kier molecular flexibility index (Phi) is 7.16. The van der Waals surface area contributed by atoms with Crippen molar-refractivity contribution in [1.29, 1.82) is 0 Å². The molecule has 3 rings (SSSR count). The molecule has 2 aromatic carbocycles. The van der Waals surface area contributed by atoms with Gasteiger partial charge in [0, 0.05) is 6.54 Å². The first-order chi connectivity index (χ1) is 13.9. The van der Waals surface area contributed by atoms with Gasteiger partial charge >= 0.3 is 0 Å². The van der Waals surface area contributed by atoms with Gasteiger partial charge in [-0.15, -0.1) is 0 Å². The quantitative estimate of drug-likeness (QED) is 0.400. The average Bonchev–Trinajstić information content (AvgIpc) is 2.94. The van der Waals surface area contributed by atoms with Gasteiger partial charge in [-0.2, -0.15) is 0 Å². The first-order valence-corrected chi connectivity index (χ1v) is 10.6. The molecule has 0 atom stereocenters. The van der Waals surface area contributed by atoms with Gasteiger partial charge in [0.15, 0.2) is 11.5 Å².